The number of hydrogen-bond donors (Lipinski definition) is 0. The van der Waals surface area contributed by atoms with E-state index in [2.05, 4.69) is 19.1 Å². The molecule has 1 saturated heterocycles. The Balaban J connectivity index is 1.88. The standard InChI is InChI=1S/C21H23F3O/c1-2-19-12-11-17(13-15-7-4-3-5-8-15)20(25-19)16-9-6-10-18(14-16)21(22,23)24/h3-10,14,17,19-20H,2,11-13H2,1H3. The van der Waals surface area contributed by atoms with Crippen LogP contribution < -0.4 is 0 Å². The molecule has 4 heteroatoms. The second-order valence-electron chi connectivity index (χ2n) is 6.74. The van der Waals surface area contributed by atoms with Gasteiger partial charge in [-0.05, 0) is 54.9 Å². The molecule has 0 aromatic heterocycles. The van der Waals surface area contributed by atoms with E-state index >= 15 is 0 Å². The van der Waals surface area contributed by atoms with Crippen LogP contribution in [-0.4, -0.2) is 6.10 Å². The lowest BCUT2D eigenvalue weighted by atomic mass is 9.82. The molecule has 0 N–H and O–H groups in total. The first-order valence-corrected chi connectivity index (χ1v) is 8.84. The molecule has 0 radical (unpaired) electrons. The lowest BCUT2D eigenvalue weighted by molar-refractivity contribution is -0.138. The second kappa shape index (κ2) is 7.61. The minimum Gasteiger partial charge on any atom is -0.370 e. The molecule has 3 rings (SSSR count). The minimum atomic E-state index is -4.33. The van der Waals surface area contributed by atoms with Gasteiger partial charge in [-0.2, -0.15) is 13.2 Å². The SMILES string of the molecule is CCC1CCC(Cc2ccccc2)C(c2cccc(C(F)(F)F)c2)O1. The van der Waals surface area contributed by atoms with E-state index in [0.717, 1.165) is 31.7 Å². The first kappa shape index (κ1) is 18.0. The maximum absolute atomic E-state index is 13.1. The van der Waals surface area contributed by atoms with Crippen LogP contribution in [0.2, 0.25) is 0 Å². The van der Waals surface area contributed by atoms with E-state index in [1.165, 1.54) is 17.7 Å². The molecule has 3 unspecified atom stereocenters. The highest BCUT2D eigenvalue weighted by Crippen LogP contribution is 2.40. The van der Waals surface area contributed by atoms with Gasteiger partial charge < -0.3 is 4.74 Å². The van der Waals surface area contributed by atoms with Gasteiger partial charge in [0.2, 0.25) is 0 Å². The smallest absolute Gasteiger partial charge is 0.370 e. The Kier molecular flexibility index (Phi) is 5.48. The number of alkyl halides is 3. The Morgan fingerprint density at radius 3 is 2.44 bits per heavy atom. The van der Waals surface area contributed by atoms with Gasteiger partial charge in [-0.1, -0.05) is 49.4 Å². The van der Waals surface area contributed by atoms with Crippen molar-refractivity contribution in [2.45, 2.75) is 51.0 Å². The fourth-order valence-electron chi connectivity index (χ4n) is 3.61. The van der Waals surface area contributed by atoms with Crippen LogP contribution in [0.4, 0.5) is 13.2 Å². The fraction of sp³-hybridized carbons (Fsp3) is 0.429. The third kappa shape index (κ3) is 4.43. The molecule has 0 aliphatic carbocycles. The molecule has 0 spiro atoms. The van der Waals surface area contributed by atoms with E-state index < -0.39 is 11.7 Å². The van der Waals surface area contributed by atoms with Crippen molar-refractivity contribution in [2.75, 3.05) is 0 Å². The predicted molar refractivity (Wildman–Crippen MR) is 92.2 cm³/mol. The molecule has 1 nitrogen and oxygen atoms in total. The maximum atomic E-state index is 13.1. The van der Waals surface area contributed by atoms with Crippen LogP contribution in [-0.2, 0) is 17.3 Å². The quantitative estimate of drug-likeness (QED) is 0.640. The van der Waals surface area contributed by atoms with Crippen LogP contribution in [0.15, 0.2) is 54.6 Å². The summed E-state index contributed by atoms with van der Waals surface area (Å²) in [5, 5.41) is 0. The third-order valence-corrected chi connectivity index (χ3v) is 4.97. The van der Waals surface area contributed by atoms with Crippen molar-refractivity contribution in [2.24, 2.45) is 5.92 Å². The zero-order chi connectivity index (χ0) is 17.9. The van der Waals surface area contributed by atoms with Crippen LogP contribution in [0.1, 0.15) is 49.0 Å². The average Bonchev–Trinajstić information content (AvgIpc) is 2.62. The Morgan fingerprint density at radius 1 is 1.00 bits per heavy atom. The highest BCUT2D eigenvalue weighted by molar-refractivity contribution is 5.28. The summed E-state index contributed by atoms with van der Waals surface area (Å²) in [6, 6.07) is 15.7. The van der Waals surface area contributed by atoms with E-state index in [-0.39, 0.29) is 18.1 Å². The molecule has 0 saturated carbocycles. The summed E-state index contributed by atoms with van der Waals surface area (Å²) < 4.78 is 45.5. The van der Waals surface area contributed by atoms with Gasteiger partial charge in [0.05, 0.1) is 17.8 Å². The number of benzene rings is 2. The largest absolute Gasteiger partial charge is 0.416 e. The van der Waals surface area contributed by atoms with Crippen molar-refractivity contribution in [3.8, 4) is 0 Å². The molecule has 2 aromatic rings. The van der Waals surface area contributed by atoms with Crippen LogP contribution in [0.25, 0.3) is 0 Å². The summed E-state index contributed by atoms with van der Waals surface area (Å²) in [6.07, 6.45) is -0.875. The number of ether oxygens (including phenoxy) is 1. The van der Waals surface area contributed by atoms with Gasteiger partial charge >= 0.3 is 6.18 Å². The number of hydrogen-bond acceptors (Lipinski definition) is 1. The fourth-order valence-corrected chi connectivity index (χ4v) is 3.61. The maximum Gasteiger partial charge on any atom is 0.416 e. The summed E-state index contributed by atoms with van der Waals surface area (Å²) in [6.45, 7) is 2.06. The second-order valence-corrected chi connectivity index (χ2v) is 6.74. The summed E-state index contributed by atoms with van der Waals surface area (Å²) in [5.74, 6) is 0.189. The first-order chi connectivity index (χ1) is 12.0. The lowest BCUT2D eigenvalue weighted by Crippen LogP contribution is -2.30. The number of rotatable bonds is 4. The van der Waals surface area contributed by atoms with Crippen molar-refractivity contribution in [1.82, 2.24) is 0 Å². The van der Waals surface area contributed by atoms with Gasteiger partial charge in [-0.25, -0.2) is 0 Å². The van der Waals surface area contributed by atoms with Crippen LogP contribution >= 0.6 is 0 Å². The molecular weight excluding hydrogens is 325 g/mol. The van der Waals surface area contributed by atoms with Crippen LogP contribution in [0, 0.1) is 5.92 Å². The van der Waals surface area contributed by atoms with Crippen molar-refractivity contribution in [3.05, 3.63) is 71.3 Å². The van der Waals surface area contributed by atoms with E-state index in [4.69, 9.17) is 4.74 Å². The molecule has 25 heavy (non-hydrogen) atoms. The Hall–Kier alpha value is -1.81. The molecule has 2 aromatic carbocycles. The normalized spacial score (nSPS) is 24.2. The van der Waals surface area contributed by atoms with Gasteiger partial charge in [0.1, 0.15) is 0 Å². The summed E-state index contributed by atoms with van der Waals surface area (Å²) in [4.78, 5) is 0. The highest BCUT2D eigenvalue weighted by Gasteiger charge is 2.35. The molecule has 134 valence electrons. The van der Waals surface area contributed by atoms with Crippen LogP contribution in [0.3, 0.4) is 0 Å². The van der Waals surface area contributed by atoms with Crippen molar-refractivity contribution in [1.29, 1.82) is 0 Å². The average molecular weight is 348 g/mol. The third-order valence-electron chi connectivity index (χ3n) is 4.97. The molecule has 1 aliphatic heterocycles. The zero-order valence-electron chi connectivity index (χ0n) is 14.3. The summed E-state index contributed by atoms with van der Waals surface area (Å²) in [5.41, 5.74) is 1.22. The molecule has 3 atom stereocenters. The first-order valence-electron chi connectivity index (χ1n) is 8.84. The van der Waals surface area contributed by atoms with Crippen molar-refractivity contribution in [3.63, 3.8) is 0 Å². The lowest BCUT2D eigenvalue weighted by Gasteiger charge is -2.37. The highest BCUT2D eigenvalue weighted by atomic mass is 19.4. The molecule has 1 heterocycles. The van der Waals surface area contributed by atoms with Crippen LogP contribution in [0.5, 0.6) is 0 Å². The van der Waals surface area contributed by atoms with E-state index in [1.54, 1.807) is 6.07 Å². The van der Waals surface area contributed by atoms with Gasteiger partial charge in [0.25, 0.3) is 0 Å². The Morgan fingerprint density at radius 2 is 1.76 bits per heavy atom. The molecule has 0 amide bonds. The molecule has 0 bridgehead atoms. The Labute approximate surface area is 146 Å². The monoisotopic (exact) mass is 348 g/mol. The minimum absolute atomic E-state index is 0.117. The van der Waals surface area contributed by atoms with Gasteiger partial charge in [-0.15, -0.1) is 0 Å². The number of halogens is 3. The van der Waals surface area contributed by atoms with Gasteiger partial charge in [-0.3, -0.25) is 0 Å². The Bertz CT molecular complexity index is 681. The van der Waals surface area contributed by atoms with E-state index in [1.807, 2.05) is 18.2 Å². The molecular formula is C21H23F3O. The van der Waals surface area contributed by atoms with E-state index in [0.29, 0.717) is 5.56 Å². The topological polar surface area (TPSA) is 9.23 Å². The summed E-state index contributed by atoms with van der Waals surface area (Å²) >= 11 is 0. The summed E-state index contributed by atoms with van der Waals surface area (Å²) in [7, 11) is 0. The molecule has 1 fully saturated rings. The van der Waals surface area contributed by atoms with Gasteiger partial charge in [0, 0.05) is 0 Å². The zero-order valence-corrected chi connectivity index (χ0v) is 14.3. The van der Waals surface area contributed by atoms with Crippen molar-refractivity contribution < 1.29 is 17.9 Å². The van der Waals surface area contributed by atoms with Gasteiger partial charge in [0.15, 0.2) is 0 Å². The predicted octanol–water partition coefficient (Wildman–Crippen LogP) is 6.19. The van der Waals surface area contributed by atoms with E-state index in [9.17, 15) is 13.2 Å². The molecule has 1 aliphatic rings. The van der Waals surface area contributed by atoms with Crippen molar-refractivity contribution >= 4 is 0 Å².